The van der Waals surface area contributed by atoms with Gasteiger partial charge in [-0.15, -0.1) is 11.8 Å². The van der Waals surface area contributed by atoms with Gasteiger partial charge in [0.25, 0.3) is 6.43 Å². The maximum Gasteiger partial charge on any atom is 0.513 e. The van der Waals surface area contributed by atoms with Crippen molar-refractivity contribution in [3.63, 3.8) is 0 Å². The molecule has 0 aromatic carbocycles. The van der Waals surface area contributed by atoms with E-state index in [1.807, 2.05) is 0 Å². The number of hydrogen-bond donors (Lipinski definition) is 0. The summed E-state index contributed by atoms with van der Waals surface area (Å²) in [7, 11) is -1.90. The Balaban J connectivity index is 6.52. The van der Waals surface area contributed by atoms with Gasteiger partial charge in [0.1, 0.15) is 0 Å². The second kappa shape index (κ2) is 11.4. The van der Waals surface area contributed by atoms with Crippen molar-refractivity contribution in [3.05, 3.63) is 0 Å². The highest BCUT2D eigenvalue weighted by molar-refractivity contribution is 8.01. The van der Waals surface area contributed by atoms with Gasteiger partial charge in [0.2, 0.25) is 11.7 Å². The first-order valence-electron chi connectivity index (χ1n) is 9.03. The molecule has 0 aliphatic heterocycles. The molecule has 0 N–H and O–H groups in total. The number of thioether (sulfide) groups is 1. The van der Waals surface area contributed by atoms with Gasteiger partial charge in [0, 0.05) is 21.3 Å². The van der Waals surface area contributed by atoms with E-state index in [1.165, 1.54) is 0 Å². The van der Waals surface area contributed by atoms with Crippen LogP contribution in [0.1, 0.15) is 6.92 Å². The predicted molar refractivity (Wildman–Crippen MR) is 94.2 cm³/mol. The van der Waals surface area contributed by atoms with Crippen molar-refractivity contribution in [2.24, 2.45) is 0 Å². The van der Waals surface area contributed by atoms with E-state index in [4.69, 9.17) is 0 Å². The Hall–Kier alpha value is -0.743. The summed E-state index contributed by atoms with van der Waals surface area (Å²) in [5.74, 6) is -47.6. The Bertz CT molecular complexity index is 743. The van der Waals surface area contributed by atoms with Gasteiger partial charge in [-0.1, -0.05) is 0 Å². The smallest absolute Gasteiger partial charge is 0.376 e. The molecule has 3 nitrogen and oxygen atoms in total. The van der Waals surface area contributed by atoms with E-state index >= 15 is 0 Å². The normalized spacial score (nSPS) is 18.6. The SMILES string of the molecule is CO[Si](OC)(OC)C(C)SC(F)C(F)(F)C(F)(F)C(F)(F)C(F)(F)C(F)(F)C(F)(F)C(F)C(F)C(F)F. The second-order valence-corrected chi connectivity index (χ2v) is 12.1. The zero-order valence-electron chi connectivity index (χ0n) is 18.4. The largest absolute Gasteiger partial charge is 0.513 e. The number of alkyl halides is 17. The Morgan fingerprint density at radius 1 is 0.568 bits per heavy atom. The van der Waals surface area contributed by atoms with E-state index in [2.05, 4.69) is 13.3 Å². The summed E-state index contributed by atoms with van der Waals surface area (Å²) in [6, 6.07) is 0. The molecule has 4 unspecified atom stereocenters. The lowest BCUT2D eigenvalue weighted by Gasteiger charge is -2.42. The highest BCUT2D eigenvalue weighted by Crippen LogP contribution is 2.62. The van der Waals surface area contributed by atoms with Gasteiger partial charge in [-0.3, -0.25) is 0 Å². The summed E-state index contributed by atoms with van der Waals surface area (Å²) in [6.07, 6.45) is -15.7. The van der Waals surface area contributed by atoms with E-state index in [1.54, 1.807) is 0 Å². The lowest BCUT2D eigenvalue weighted by Crippen LogP contribution is -2.73. The zero-order valence-corrected chi connectivity index (χ0v) is 20.3. The van der Waals surface area contributed by atoms with Gasteiger partial charge < -0.3 is 13.3 Å². The van der Waals surface area contributed by atoms with E-state index in [0.717, 1.165) is 21.3 Å². The molecule has 0 saturated carbocycles. The molecule has 0 aliphatic rings. The Labute approximate surface area is 202 Å². The number of rotatable bonds is 15. The summed E-state index contributed by atoms with van der Waals surface area (Å²) in [6.45, 7) is 0.688. The molecule has 0 radical (unpaired) electrons. The molecule has 0 fully saturated rings. The zero-order chi connectivity index (χ0) is 30.2. The maximum atomic E-state index is 14.1. The Morgan fingerprint density at radius 2 is 0.892 bits per heavy atom. The van der Waals surface area contributed by atoms with Crippen LogP contribution in [0.2, 0.25) is 0 Å². The third kappa shape index (κ3) is 5.63. The highest BCUT2D eigenvalue weighted by Gasteiger charge is 2.92. The fourth-order valence-electron chi connectivity index (χ4n) is 2.55. The van der Waals surface area contributed by atoms with E-state index in [0.29, 0.717) is 6.92 Å². The van der Waals surface area contributed by atoms with E-state index in [9.17, 15) is 74.6 Å². The van der Waals surface area contributed by atoms with Crippen molar-refractivity contribution in [2.45, 2.75) is 71.6 Å². The van der Waals surface area contributed by atoms with Gasteiger partial charge >= 0.3 is 44.3 Å². The molecular formula is C15H17F17O3SSi. The lowest BCUT2D eigenvalue weighted by atomic mass is 9.89. The maximum absolute atomic E-state index is 14.1. The van der Waals surface area contributed by atoms with Gasteiger partial charge in [0.05, 0.1) is 4.87 Å². The van der Waals surface area contributed by atoms with Crippen molar-refractivity contribution >= 4 is 20.6 Å². The average molecular weight is 628 g/mol. The van der Waals surface area contributed by atoms with Crippen LogP contribution in [0.3, 0.4) is 0 Å². The minimum absolute atomic E-state index is 0.688. The second-order valence-electron chi connectivity index (χ2n) is 7.03. The van der Waals surface area contributed by atoms with Crippen molar-refractivity contribution in [2.75, 3.05) is 21.3 Å². The number of halogens is 17. The molecule has 0 aromatic heterocycles. The van der Waals surface area contributed by atoms with E-state index in [-0.39, 0.29) is 0 Å². The first-order chi connectivity index (χ1) is 16.2. The first kappa shape index (κ1) is 36.3. The summed E-state index contributed by atoms with van der Waals surface area (Å²) in [5.41, 5.74) is -4.69. The third-order valence-electron chi connectivity index (χ3n) is 4.85. The Morgan fingerprint density at radius 3 is 1.19 bits per heavy atom. The lowest BCUT2D eigenvalue weighted by molar-refractivity contribution is -0.432. The molecule has 22 heteroatoms. The van der Waals surface area contributed by atoms with Crippen LogP contribution < -0.4 is 0 Å². The molecule has 0 amide bonds. The molecule has 0 aliphatic carbocycles. The first-order valence-corrected chi connectivity index (χ1v) is 11.8. The van der Waals surface area contributed by atoms with Crippen LogP contribution in [0.15, 0.2) is 0 Å². The van der Waals surface area contributed by atoms with Crippen molar-refractivity contribution in [3.8, 4) is 0 Å². The fourth-order valence-corrected chi connectivity index (χ4v) is 6.62. The third-order valence-corrected chi connectivity index (χ3v) is 9.77. The molecule has 0 aromatic rings. The Kier molecular flexibility index (Phi) is 11.2. The van der Waals surface area contributed by atoms with Crippen LogP contribution >= 0.6 is 11.8 Å². The summed E-state index contributed by atoms with van der Waals surface area (Å²) in [5, 5.41) is 0. The minimum atomic E-state index is -8.41. The van der Waals surface area contributed by atoms with Gasteiger partial charge in [0.15, 0.2) is 6.17 Å². The summed E-state index contributed by atoms with van der Waals surface area (Å²) < 4.78 is 243. The molecule has 0 heterocycles. The predicted octanol–water partition coefficient (Wildman–Crippen LogP) is 6.57. The van der Waals surface area contributed by atoms with Crippen molar-refractivity contribution in [1.82, 2.24) is 0 Å². The molecule has 0 spiro atoms. The minimum Gasteiger partial charge on any atom is -0.376 e. The van der Waals surface area contributed by atoms with E-state index < -0.39 is 85.2 Å². The quantitative estimate of drug-likeness (QED) is 0.152. The van der Waals surface area contributed by atoms with Crippen LogP contribution in [0.5, 0.6) is 0 Å². The molecule has 0 rings (SSSR count). The molecule has 0 bridgehead atoms. The monoisotopic (exact) mass is 628 g/mol. The van der Waals surface area contributed by atoms with Gasteiger partial charge in [-0.25, -0.2) is 22.0 Å². The topological polar surface area (TPSA) is 27.7 Å². The van der Waals surface area contributed by atoms with Crippen LogP contribution in [0.4, 0.5) is 74.6 Å². The van der Waals surface area contributed by atoms with Crippen molar-refractivity contribution in [1.29, 1.82) is 0 Å². The highest BCUT2D eigenvalue weighted by atomic mass is 32.2. The summed E-state index contributed by atoms with van der Waals surface area (Å²) in [4.78, 5) is -1.91. The molecular weight excluding hydrogens is 611 g/mol. The fraction of sp³-hybridized carbons (Fsp3) is 1.00. The standard InChI is InChI=1S/C15H17F17O3SSi/c1-5(37(33-2,34-3)35-4)36-9(20)11(23,24)13(27,28)15(31,32)14(29,30)12(25,26)10(21,22)7(17)6(16)8(18)19/h5-9H,1-4H3. The van der Waals surface area contributed by atoms with Gasteiger partial charge in [-0.2, -0.15) is 52.7 Å². The number of hydrogen-bond acceptors (Lipinski definition) is 4. The van der Waals surface area contributed by atoms with Crippen LogP contribution in [0.25, 0.3) is 0 Å². The van der Waals surface area contributed by atoms with Crippen LogP contribution in [-0.2, 0) is 13.3 Å². The van der Waals surface area contributed by atoms with Crippen LogP contribution in [-0.4, -0.2) is 94.8 Å². The molecule has 4 atom stereocenters. The van der Waals surface area contributed by atoms with Gasteiger partial charge in [-0.05, 0) is 6.92 Å². The van der Waals surface area contributed by atoms with Crippen molar-refractivity contribution < 1.29 is 87.9 Å². The molecule has 0 saturated heterocycles. The average Bonchev–Trinajstić information content (AvgIpc) is 2.78. The summed E-state index contributed by atoms with van der Waals surface area (Å²) >= 11 is -1.05. The molecule has 37 heavy (non-hydrogen) atoms. The van der Waals surface area contributed by atoms with Crippen LogP contribution in [0, 0.1) is 0 Å². The molecule has 224 valence electrons.